The van der Waals surface area contributed by atoms with Crippen LogP contribution in [0, 0.1) is 6.92 Å². The molecule has 0 atom stereocenters. The van der Waals surface area contributed by atoms with Crippen LogP contribution in [0.1, 0.15) is 5.69 Å². The van der Waals surface area contributed by atoms with Crippen LogP contribution >= 0.6 is 0 Å². The van der Waals surface area contributed by atoms with E-state index in [2.05, 4.69) is 14.2 Å². The van der Waals surface area contributed by atoms with Crippen molar-refractivity contribution in [2.24, 2.45) is 0 Å². The van der Waals surface area contributed by atoms with Crippen molar-refractivity contribution in [3.63, 3.8) is 0 Å². The van der Waals surface area contributed by atoms with E-state index in [1.165, 1.54) is 6.07 Å². The van der Waals surface area contributed by atoms with E-state index in [0.717, 1.165) is 17.4 Å². The molecule has 0 aliphatic heterocycles. The van der Waals surface area contributed by atoms with Gasteiger partial charge in [0.1, 0.15) is 0 Å². The number of hydrogen-bond acceptors (Lipinski definition) is 5. The Morgan fingerprint density at radius 2 is 1.92 bits per heavy atom. The lowest BCUT2D eigenvalue weighted by molar-refractivity contribution is -0.0501. The Hall–Kier alpha value is -2.62. The first-order valence-electron chi connectivity index (χ1n) is 6.58. The summed E-state index contributed by atoms with van der Waals surface area (Å²) in [5.41, 5.74) is -3.60. The van der Waals surface area contributed by atoms with Crippen molar-refractivity contribution in [1.82, 2.24) is 14.5 Å². The monoisotopic (exact) mass is 357 g/mol. The Bertz CT molecular complexity index is 1010. The molecule has 0 saturated heterocycles. The highest BCUT2D eigenvalue weighted by molar-refractivity contribution is 7.87. The van der Waals surface area contributed by atoms with Gasteiger partial charge in [0.15, 0.2) is 0 Å². The number of imidazole rings is 1. The first-order chi connectivity index (χ1) is 11.2. The van der Waals surface area contributed by atoms with Gasteiger partial charge in [-0.15, -0.1) is 0 Å². The van der Waals surface area contributed by atoms with E-state index < -0.39 is 21.5 Å². The highest BCUT2D eigenvalue weighted by atomic mass is 32.2. The van der Waals surface area contributed by atoms with Gasteiger partial charge in [0.05, 0.1) is 17.5 Å². The van der Waals surface area contributed by atoms with Crippen molar-refractivity contribution < 1.29 is 25.8 Å². The summed E-state index contributed by atoms with van der Waals surface area (Å²) in [6.45, 7) is 1.84. The fourth-order valence-corrected chi connectivity index (χ4v) is 2.44. The highest BCUT2D eigenvalue weighted by Gasteiger charge is 2.48. The third kappa shape index (κ3) is 3.04. The van der Waals surface area contributed by atoms with Crippen molar-refractivity contribution >= 4 is 21.0 Å². The summed E-state index contributed by atoms with van der Waals surface area (Å²) in [6, 6.07) is 7.46. The molecule has 0 aliphatic carbocycles. The van der Waals surface area contributed by atoms with Gasteiger partial charge < -0.3 is 8.75 Å². The number of fused-ring (bicyclic) bond motifs is 1. The van der Waals surface area contributed by atoms with Crippen molar-refractivity contribution in [3.05, 3.63) is 48.5 Å². The van der Waals surface area contributed by atoms with Crippen LogP contribution in [0.3, 0.4) is 0 Å². The number of rotatable bonds is 3. The summed E-state index contributed by atoms with van der Waals surface area (Å²) in [7, 11) is -5.74. The summed E-state index contributed by atoms with van der Waals surface area (Å²) in [5.74, 6) is -0.647. The third-order valence-electron chi connectivity index (χ3n) is 3.14. The van der Waals surface area contributed by atoms with Gasteiger partial charge in [-0.1, -0.05) is 0 Å². The molecule has 126 valence electrons. The molecule has 2 aromatic heterocycles. The van der Waals surface area contributed by atoms with E-state index in [9.17, 15) is 21.6 Å². The van der Waals surface area contributed by atoms with Gasteiger partial charge in [-0.25, -0.2) is 9.97 Å². The zero-order valence-electron chi connectivity index (χ0n) is 12.1. The molecule has 0 radical (unpaired) electrons. The number of alkyl halides is 3. The molecule has 0 unspecified atom stereocenters. The lowest BCUT2D eigenvalue weighted by Gasteiger charge is -2.09. The minimum atomic E-state index is -5.74. The molecule has 10 heteroatoms. The van der Waals surface area contributed by atoms with Crippen molar-refractivity contribution in [2.75, 3.05) is 0 Å². The first kappa shape index (κ1) is 16.2. The van der Waals surface area contributed by atoms with Crippen molar-refractivity contribution in [3.8, 4) is 11.6 Å². The van der Waals surface area contributed by atoms with E-state index in [0.29, 0.717) is 10.9 Å². The molecule has 0 aliphatic rings. The van der Waals surface area contributed by atoms with Crippen molar-refractivity contribution in [1.29, 1.82) is 0 Å². The molecule has 3 aromatic rings. The first-order valence-corrected chi connectivity index (χ1v) is 7.99. The number of aromatic nitrogens is 3. The van der Waals surface area contributed by atoms with Crippen LogP contribution in [0.25, 0.3) is 16.6 Å². The van der Waals surface area contributed by atoms with Crippen LogP contribution in [-0.2, 0) is 10.1 Å². The van der Waals surface area contributed by atoms with Crippen LogP contribution in [-0.4, -0.2) is 28.5 Å². The topological polar surface area (TPSA) is 74.1 Å². The second-order valence-electron chi connectivity index (χ2n) is 4.93. The van der Waals surface area contributed by atoms with Crippen LogP contribution in [0.2, 0.25) is 0 Å². The van der Waals surface area contributed by atoms with Crippen LogP contribution in [0.15, 0.2) is 42.9 Å². The predicted octanol–water partition coefficient (Wildman–Crippen LogP) is 2.96. The highest BCUT2D eigenvalue weighted by Crippen LogP contribution is 2.27. The van der Waals surface area contributed by atoms with Gasteiger partial charge in [0.25, 0.3) is 0 Å². The summed E-state index contributed by atoms with van der Waals surface area (Å²) >= 11 is 0. The fourth-order valence-electron chi connectivity index (χ4n) is 2.02. The molecular weight excluding hydrogens is 347 g/mol. The van der Waals surface area contributed by atoms with E-state index >= 15 is 0 Å². The minimum absolute atomic E-state index is 0.297. The Morgan fingerprint density at radius 1 is 1.17 bits per heavy atom. The second-order valence-corrected chi connectivity index (χ2v) is 6.47. The van der Waals surface area contributed by atoms with Gasteiger partial charge in [-0.05, 0) is 31.2 Å². The van der Waals surface area contributed by atoms with Crippen LogP contribution in [0.4, 0.5) is 13.2 Å². The molecule has 1 aromatic carbocycles. The molecule has 0 fully saturated rings. The zero-order chi connectivity index (χ0) is 17.5. The minimum Gasteiger partial charge on any atom is -0.355 e. The molecule has 2 heterocycles. The molecular formula is C14H10F3N3O3S. The number of benzene rings is 1. The largest absolute Gasteiger partial charge is 0.534 e. The molecule has 0 amide bonds. The molecule has 0 saturated carbocycles. The predicted molar refractivity (Wildman–Crippen MR) is 79.2 cm³/mol. The Morgan fingerprint density at radius 3 is 2.54 bits per heavy atom. The van der Waals surface area contributed by atoms with Gasteiger partial charge in [-0.2, -0.15) is 21.6 Å². The second kappa shape index (κ2) is 5.48. The Labute approximate surface area is 134 Å². The molecule has 0 N–H and O–H groups in total. The average Bonchev–Trinajstić information content (AvgIpc) is 2.92. The normalized spacial score (nSPS) is 12.5. The smallest absolute Gasteiger partial charge is 0.355 e. The lowest BCUT2D eigenvalue weighted by Crippen LogP contribution is -2.28. The summed E-state index contributed by atoms with van der Waals surface area (Å²) in [6.07, 6.45) is 3.43. The van der Waals surface area contributed by atoms with Gasteiger partial charge >= 0.3 is 15.6 Å². The molecule has 24 heavy (non-hydrogen) atoms. The summed E-state index contributed by atoms with van der Waals surface area (Å²) in [4.78, 5) is 7.89. The standard InChI is InChI=1S/C14H10F3N3O3S/c1-9-7-20(8-18-9)11-3-4-12-10(6-11)2-5-13(19-12)23-24(21,22)14(15,16)17/h2-8H,1H3. The zero-order valence-corrected chi connectivity index (χ0v) is 13.0. The SMILES string of the molecule is Cc1cn(-c2ccc3nc(OS(=O)(=O)C(F)(F)F)ccc3c2)cn1. The van der Waals surface area contributed by atoms with E-state index in [1.807, 2.05) is 13.1 Å². The van der Waals surface area contributed by atoms with Gasteiger partial charge in [-0.3, -0.25) is 0 Å². The third-order valence-corrected chi connectivity index (χ3v) is 4.09. The van der Waals surface area contributed by atoms with E-state index in [1.54, 1.807) is 29.1 Å². The van der Waals surface area contributed by atoms with Crippen LogP contribution in [0.5, 0.6) is 5.88 Å². The molecule has 3 rings (SSSR count). The maximum atomic E-state index is 12.3. The summed E-state index contributed by atoms with van der Waals surface area (Å²) < 4.78 is 64.8. The molecule has 6 nitrogen and oxygen atoms in total. The van der Waals surface area contributed by atoms with Gasteiger partial charge in [0, 0.05) is 23.3 Å². The van der Waals surface area contributed by atoms with E-state index in [4.69, 9.17) is 0 Å². The lowest BCUT2D eigenvalue weighted by atomic mass is 10.2. The maximum Gasteiger partial charge on any atom is 0.534 e. The molecule has 0 spiro atoms. The number of hydrogen-bond donors (Lipinski definition) is 0. The fraction of sp³-hybridized carbons (Fsp3) is 0.143. The Kier molecular flexibility index (Phi) is 3.71. The van der Waals surface area contributed by atoms with Crippen molar-refractivity contribution in [2.45, 2.75) is 12.4 Å². The number of pyridine rings is 1. The maximum absolute atomic E-state index is 12.3. The Balaban J connectivity index is 1.96. The quantitative estimate of drug-likeness (QED) is 0.532. The number of aryl methyl sites for hydroxylation is 1. The average molecular weight is 357 g/mol. The van der Waals surface area contributed by atoms with Crippen LogP contribution < -0.4 is 4.18 Å². The number of halogens is 3. The molecule has 0 bridgehead atoms. The summed E-state index contributed by atoms with van der Waals surface area (Å²) in [5, 5.41) is 0.607. The van der Waals surface area contributed by atoms with E-state index in [-0.39, 0.29) is 0 Å². The van der Waals surface area contributed by atoms with Gasteiger partial charge in [0.2, 0.25) is 5.88 Å². The number of nitrogens with zero attached hydrogens (tertiary/aromatic N) is 3.